The second-order valence-electron chi connectivity index (χ2n) is 6.60. The summed E-state index contributed by atoms with van der Waals surface area (Å²) in [5.41, 5.74) is 6.49. The molecule has 1 N–H and O–H groups in total. The highest BCUT2D eigenvalue weighted by molar-refractivity contribution is 5.85. The molecule has 0 saturated heterocycles. The first-order chi connectivity index (χ1) is 14.2. The number of nitrogens with one attached hydrogen (secondary N) is 1. The van der Waals surface area contributed by atoms with Gasteiger partial charge in [0, 0.05) is 7.11 Å². The van der Waals surface area contributed by atoms with Crippen molar-refractivity contribution < 1.29 is 14.3 Å². The third kappa shape index (κ3) is 6.02. The van der Waals surface area contributed by atoms with Crippen LogP contribution < -0.4 is 10.2 Å². The van der Waals surface area contributed by atoms with Crippen LogP contribution in [-0.4, -0.2) is 19.2 Å². The Kier molecular flexibility index (Phi) is 7.14. The van der Waals surface area contributed by atoms with E-state index in [1.165, 1.54) is 12.7 Å². The smallest absolute Gasteiger partial charge is 0.273 e. The minimum Gasteiger partial charge on any atom is -0.489 e. The van der Waals surface area contributed by atoms with Crippen LogP contribution in [0.2, 0.25) is 0 Å². The molecule has 3 aromatic rings. The van der Waals surface area contributed by atoms with Crippen molar-refractivity contribution in [2.75, 3.05) is 7.11 Å². The van der Waals surface area contributed by atoms with E-state index in [2.05, 4.69) is 41.7 Å². The molecular weight excluding hydrogens is 364 g/mol. The molecule has 0 bridgehead atoms. The number of methoxy groups -OCH3 is 1. The summed E-state index contributed by atoms with van der Waals surface area (Å²) in [7, 11) is 1.50. The summed E-state index contributed by atoms with van der Waals surface area (Å²) < 4.78 is 11.1. The molecule has 3 rings (SSSR count). The van der Waals surface area contributed by atoms with Gasteiger partial charge in [0.05, 0.1) is 6.21 Å². The average Bonchev–Trinajstić information content (AvgIpc) is 2.75. The second-order valence-corrected chi connectivity index (χ2v) is 6.60. The number of hydrogen-bond donors (Lipinski definition) is 1. The Morgan fingerprint density at radius 3 is 2.34 bits per heavy atom. The van der Waals surface area contributed by atoms with Crippen LogP contribution in [0.3, 0.4) is 0 Å². The average molecular weight is 388 g/mol. The maximum atomic E-state index is 12.3. The predicted octanol–water partition coefficient (Wildman–Crippen LogP) is 4.41. The van der Waals surface area contributed by atoms with Crippen molar-refractivity contribution >= 4 is 12.1 Å². The first-order valence-corrected chi connectivity index (χ1v) is 9.35. The van der Waals surface area contributed by atoms with Crippen molar-refractivity contribution in [2.45, 2.75) is 19.6 Å². The molecule has 0 aliphatic carbocycles. The Morgan fingerprint density at radius 1 is 1.00 bits per heavy atom. The fourth-order valence-electron chi connectivity index (χ4n) is 2.75. The zero-order chi connectivity index (χ0) is 20.5. The van der Waals surface area contributed by atoms with Crippen LogP contribution in [0.1, 0.15) is 28.4 Å². The Labute approximate surface area is 171 Å². The zero-order valence-electron chi connectivity index (χ0n) is 16.5. The lowest BCUT2D eigenvalue weighted by atomic mass is 10.1. The molecule has 0 fully saturated rings. The summed E-state index contributed by atoms with van der Waals surface area (Å²) in [6.45, 7) is 2.58. The number of nitrogens with zero attached hydrogens (tertiary/aromatic N) is 1. The highest BCUT2D eigenvalue weighted by Crippen LogP contribution is 2.16. The molecule has 0 saturated carbocycles. The predicted molar refractivity (Wildman–Crippen MR) is 114 cm³/mol. The number of hydrazone groups is 1. The monoisotopic (exact) mass is 388 g/mol. The second kappa shape index (κ2) is 10.2. The van der Waals surface area contributed by atoms with Gasteiger partial charge in [0.15, 0.2) is 6.10 Å². The van der Waals surface area contributed by atoms with Crippen molar-refractivity contribution in [1.82, 2.24) is 5.43 Å². The van der Waals surface area contributed by atoms with Gasteiger partial charge in [-0.1, -0.05) is 60.2 Å². The minimum atomic E-state index is -0.703. The lowest BCUT2D eigenvalue weighted by Crippen LogP contribution is -2.26. The van der Waals surface area contributed by atoms with Gasteiger partial charge in [-0.15, -0.1) is 0 Å². The van der Waals surface area contributed by atoms with Gasteiger partial charge in [-0.2, -0.15) is 5.10 Å². The fraction of sp³-hybridized carbons (Fsp3) is 0.167. The summed E-state index contributed by atoms with van der Waals surface area (Å²) in [5.74, 6) is 0.447. The van der Waals surface area contributed by atoms with Crippen LogP contribution in [0.5, 0.6) is 5.75 Å². The van der Waals surface area contributed by atoms with Crippen LogP contribution in [0, 0.1) is 6.92 Å². The topological polar surface area (TPSA) is 59.9 Å². The van der Waals surface area contributed by atoms with Crippen LogP contribution in [-0.2, 0) is 16.1 Å². The Hall–Kier alpha value is -3.44. The molecular formula is C24H24N2O3. The van der Waals surface area contributed by atoms with Gasteiger partial charge < -0.3 is 9.47 Å². The first-order valence-electron chi connectivity index (χ1n) is 9.35. The standard InChI is InChI=1S/C24H24N2O3/c1-18-8-10-20(11-9-18)17-29-22-14-12-19(13-15-22)16-25-26-24(27)23(28-2)21-6-4-3-5-7-21/h3-16,23H,17H2,1-2H3,(H,26,27)/b25-16-/t23-/m1/s1. The Morgan fingerprint density at radius 2 is 1.69 bits per heavy atom. The quantitative estimate of drug-likeness (QED) is 0.459. The number of carbonyl (C=O) groups is 1. The first kappa shape index (κ1) is 20.3. The number of amides is 1. The number of hydrogen-bond acceptors (Lipinski definition) is 4. The van der Waals surface area contributed by atoms with Gasteiger partial charge in [-0.05, 0) is 47.9 Å². The Bertz CT molecular complexity index is 936. The molecule has 0 aromatic heterocycles. The molecule has 29 heavy (non-hydrogen) atoms. The number of rotatable bonds is 8. The maximum Gasteiger partial charge on any atom is 0.273 e. The van der Waals surface area contributed by atoms with Gasteiger partial charge in [0.25, 0.3) is 5.91 Å². The summed E-state index contributed by atoms with van der Waals surface area (Å²) in [4.78, 5) is 12.3. The van der Waals surface area contributed by atoms with Gasteiger partial charge in [-0.25, -0.2) is 5.43 Å². The molecule has 5 heteroatoms. The van der Waals surface area contributed by atoms with Crippen molar-refractivity contribution in [2.24, 2.45) is 5.10 Å². The van der Waals surface area contributed by atoms with E-state index in [9.17, 15) is 4.79 Å². The van der Waals surface area contributed by atoms with Crippen molar-refractivity contribution in [1.29, 1.82) is 0 Å². The van der Waals surface area contributed by atoms with Crippen molar-refractivity contribution in [3.8, 4) is 5.75 Å². The van der Waals surface area contributed by atoms with Crippen LogP contribution in [0.25, 0.3) is 0 Å². The molecule has 0 heterocycles. The molecule has 3 aromatic carbocycles. The largest absolute Gasteiger partial charge is 0.489 e. The lowest BCUT2D eigenvalue weighted by Gasteiger charge is -2.13. The molecule has 1 atom stereocenters. The summed E-state index contributed by atoms with van der Waals surface area (Å²) in [6.07, 6.45) is 0.880. The third-order valence-electron chi connectivity index (χ3n) is 4.37. The number of benzene rings is 3. The van der Waals surface area contributed by atoms with Crippen LogP contribution >= 0.6 is 0 Å². The van der Waals surface area contributed by atoms with Gasteiger partial charge >= 0.3 is 0 Å². The number of aryl methyl sites for hydroxylation is 1. The van der Waals surface area contributed by atoms with E-state index in [4.69, 9.17) is 9.47 Å². The molecule has 0 aliphatic heterocycles. The van der Waals surface area contributed by atoms with E-state index >= 15 is 0 Å². The van der Waals surface area contributed by atoms with E-state index in [1.54, 1.807) is 6.21 Å². The molecule has 0 radical (unpaired) electrons. The van der Waals surface area contributed by atoms with E-state index < -0.39 is 6.10 Å². The normalized spacial score (nSPS) is 11.9. The van der Waals surface area contributed by atoms with Crippen LogP contribution in [0.4, 0.5) is 0 Å². The summed E-state index contributed by atoms with van der Waals surface area (Å²) in [6, 6.07) is 25.1. The highest BCUT2D eigenvalue weighted by Gasteiger charge is 2.18. The summed E-state index contributed by atoms with van der Waals surface area (Å²) in [5, 5.41) is 4.02. The van der Waals surface area contributed by atoms with Gasteiger partial charge in [0.1, 0.15) is 12.4 Å². The third-order valence-corrected chi connectivity index (χ3v) is 4.37. The molecule has 1 amide bonds. The minimum absolute atomic E-state index is 0.326. The SMILES string of the molecule is CO[C@@H](C(=O)N/N=C\c1ccc(OCc2ccc(C)cc2)cc1)c1ccccc1. The molecule has 5 nitrogen and oxygen atoms in total. The lowest BCUT2D eigenvalue weighted by molar-refractivity contribution is -0.131. The molecule has 0 aliphatic rings. The van der Waals surface area contributed by atoms with Gasteiger partial charge in [0.2, 0.25) is 0 Å². The molecule has 0 unspecified atom stereocenters. The van der Waals surface area contributed by atoms with Crippen molar-refractivity contribution in [3.63, 3.8) is 0 Å². The fourth-order valence-corrected chi connectivity index (χ4v) is 2.75. The maximum absolute atomic E-state index is 12.3. The van der Waals surface area contributed by atoms with E-state index in [-0.39, 0.29) is 5.91 Å². The van der Waals surface area contributed by atoms with E-state index in [0.717, 1.165) is 22.4 Å². The van der Waals surface area contributed by atoms with E-state index in [1.807, 2.05) is 54.6 Å². The van der Waals surface area contributed by atoms with Crippen LogP contribution in [0.15, 0.2) is 84.0 Å². The summed E-state index contributed by atoms with van der Waals surface area (Å²) >= 11 is 0. The number of carbonyl (C=O) groups excluding carboxylic acids is 1. The Balaban J connectivity index is 1.51. The van der Waals surface area contributed by atoms with E-state index in [0.29, 0.717) is 6.61 Å². The zero-order valence-corrected chi connectivity index (χ0v) is 16.5. The van der Waals surface area contributed by atoms with Crippen molar-refractivity contribution in [3.05, 3.63) is 101 Å². The molecule has 148 valence electrons. The molecule has 0 spiro atoms. The highest BCUT2D eigenvalue weighted by atomic mass is 16.5. The number of ether oxygens (including phenoxy) is 2. The van der Waals surface area contributed by atoms with Gasteiger partial charge in [-0.3, -0.25) is 4.79 Å².